The first-order valence-electron chi connectivity index (χ1n) is 8.38. The van der Waals surface area contributed by atoms with E-state index in [-0.39, 0.29) is 18.6 Å². The van der Waals surface area contributed by atoms with Gasteiger partial charge in [0.15, 0.2) is 12.4 Å². The highest BCUT2D eigenvalue weighted by molar-refractivity contribution is 6.31. The lowest BCUT2D eigenvalue weighted by molar-refractivity contribution is -0.147. The third kappa shape index (κ3) is 6.06. The van der Waals surface area contributed by atoms with Gasteiger partial charge in [0.2, 0.25) is 0 Å². The van der Waals surface area contributed by atoms with Crippen LogP contribution >= 0.6 is 11.6 Å². The summed E-state index contributed by atoms with van der Waals surface area (Å²) in [4.78, 5) is 35.7. The second kappa shape index (κ2) is 9.85. The largest absolute Gasteiger partial charge is 0.495 e. The molecule has 0 aliphatic carbocycles. The van der Waals surface area contributed by atoms with Crippen LogP contribution in [0.1, 0.15) is 28.8 Å². The van der Waals surface area contributed by atoms with Crippen LogP contribution in [0.25, 0.3) is 0 Å². The lowest BCUT2D eigenvalue weighted by Gasteiger charge is -2.12. The molecule has 0 aliphatic rings. The highest BCUT2D eigenvalue weighted by Gasteiger charge is 2.14. The summed E-state index contributed by atoms with van der Waals surface area (Å²) in [5, 5.41) is 3.07. The molecule has 0 saturated carbocycles. The van der Waals surface area contributed by atoms with Gasteiger partial charge in [-0.2, -0.15) is 0 Å². The van der Waals surface area contributed by atoms with Crippen molar-refractivity contribution in [1.29, 1.82) is 0 Å². The average Bonchev–Trinajstić information content (AvgIpc) is 2.67. The lowest BCUT2D eigenvalue weighted by Crippen LogP contribution is -2.21. The Balaban J connectivity index is 1.81. The highest BCUT2D eigenvalue weighted by Crippen LogP contribution is 2.30. The second-order valence-corrected chi connectivity index (χ2v) is 6.35. The number of aryl methyl sites for hydroxylation is 1. The molecule has 0 heterocycles. The van der Waals surface area contributed by atoms with E-state index in [1.165, 1.54) is 31.4 Å². The van der Waals surface area contributed by atoms with Gasteiger partial charge in [-0.3, -0.25) is 14.4 Å². The number of ketones is 1. The summed E-state index contributed by atoms with van der Waals surface area (Å²) in [7, 11) is 1.44. The van der Waals surface area contributed by atoms with Gasteiger partial charge >= 0.3 is 5.97 Å². The van der Waals surface area contributed by atoms with Crippen LogP contribution in [0.2, 0.25) is 5.02 Å². The van der Waals surface area contributed by atoms with Crippen LogP contribution in [-0.4, -0.2) is 31.4 Å². The van der Waals surface area contributed by atoms with E-state index in [0.29, 0.717) is 22.0 Å². The maximum atomic E-state index is 12.8. The molecule has 1 N–H and O–H groups in total. The summed E-state index contributed by atoms with van der Waals surface area (Å²) < 4.78 is 22.9. The molecule has 0 aliphatic heterocycles. The fourth-order valence-corrected chi connectivity index (χ4v) is 2.48. The summed E-state index contributed by atoms with van der Waals surface area (Å²) in [5.74, 6) is -1.64. The van der Waals surface area contributed by atoms with Crippen molar-refractivity contribution in [3.8, 4) is 5.75 Å². The zero-order valence-electron chi connectivity index (χ0n) is 15.4. The van der Waals surface area contributed by atoms with Gasteiger partial charge in [-0.1, -0.05) is 11.6 Å². The fourth-order valence-electron chi connectivity index (χ4n) is 2.33. The minimum atomic E-state index is -0.690. The molecule has 0 saturated heterocycles. The Bertz CT molecular complexity index is 883. The van der Waals surface area contributed by atoms with Gasteiger partial charge in [0, 0.05) is 23.1 Å². The van der Waals surface area contributed by atoms with E-state index in [9.17, 15) is 18.8 Å². The van der Waals surface area contributed by atoms with Gasteiger partial charge in [-0.05, 0) is 42.8 Å². The van der Waals surface area contributed by atoms with Crippen LogP contribution in [0, 0.1) is 12.7 Å². The van der Waals surface area contributed by atoms with Crippen LogP contribution in [0.5, 0.6) is 5.75 Å². The maximum Gasteiger partial charge on any atom is 0.306 e. The third-order valence-corrected chi connectivity index (χ3v) is 4.25. The van der Waals surface area contributed by atoms with Crippen molar-refractivity contribution in [2.24, 2.45) is 0 Å². The minimum Gasteiger partial charge on any atom is -0.495 e. The molecule has 0 fully saturated rings. The van der Waals surface area contributed by atoms with Crippen LogP contribution in [0.3, 0.4) is 0 Å². The van der Waals surface area contributed by atoms with Gasteiger partial charge in [0.1, 0.15) is 11.6 Å². The Morgan fingerprint density at radius 2 is 1.79 bits per heavy atom. The summed E-state index contributed by atoms with van der Waals surface area (Å²) >= 11 is 6.01. The molecule has 28 heavy (non-hydrogen) atoms. The number of esters is 1. The molecule has 2 aromatic rings. The number of carbonyl (C=O) groups excluding carboxylic acids is 3. The number of rotatable bonds is 8. The predicted molar refractivity (Wildman–Crippen MR) is 102 cm³/mol. The number of hydrogen-bond acceptors (Lipinski definition) is 5. The van der Waals surface area contributed by atoms with Crippen LogP contribution < -0.4 is 10.1 Å². The molecule has 2 rings (SSSR count). The number of carbonyl (C=O) groups is 3. The zero-order valence-corrected chi connectivity index (χ0v) is 16.1. The van der Waals surface area contributed by atoms with Gasteiger partial charge < -0.3 is 14.8 Å². The number of Topliss-reactive ketones (excluding diaryl/α,β-unsaturated/α-hetero) is 1. The van der Waals surface area contributed by atoms with Gasteiger partial charge in [0.25, 0.3) is 5.91 Å². The quantitative estimate of drug-likeness (QED) is 0.529. The number of halogens is 2. The lowest BCUT2D eigenvalue weighted by atomic mass is 10.1. The number of nitrogens with one attached hydrogen (secondary N) is 1. The highest BCUT2D eigenvalue weighted by atomic mass is 35.5. The Morgan fingerprint density at radius 3 is 2.43 bits per heavy atom. The number of anilines is 1. The Hall–Kier alpha value is -2.93. The summed E-state index contributed by atoms with van der Waals surface area (Å²) in [6.45, 7) is 1.27. The zero-order chi connectivity index (χ0) is 20.7. The first-order chi connectivity index (χ1) is 13.3. The summed E-state index contributed by atoms with van der Waals surface area (Å²) in [5.41, 5.74) is 1.45. The Morgan fingerprint density at radius 1 is 1.11 bits per heavy atom. The summed E-state index contributed by atoms with van der Waals surface area (Å²) in [6, 6.07) is 8.24. The topological polar surface area (TPSA) is 81.7 Å². The molecule has 0 unspecified atom stereocenters. The number of amides is 1. The van der Waals surface area contributed by atoms with Crippen molar-refractivity contribution in [2.45, 2.75) is 19.8 Å². The van der Waals surface area contributed by atoms with Gasteiger partial charge in [0.05, 0.1) is 19.2 Å². The second-order valence-electron chi connectivity index (χ2n) is 5.94. The molecule has 0 spiro atoms. The molecule has 0 aromatic heterocycles. The maximum absolute atomic E-state index is 12.8. The normalized spacial score (nSPS) is 10.3. The van der Waals surface area contributed by atoms with Crippen molar-refractivity contribution in [3.63, 3.8) is 0 Å². The first kappa shape index (κ1) is 21.4. The SMILES string of the molecule is COc1cc(Cl)c(C)cc1NC(=O)COC(=O)CCC(=O)c1ccc(F)cc1. The molecule has 0 atom stereocenters. The van der Waals surface area contributed by atoms with E-state index < -0.39 is 24.3 Å². The number of hydrogen-bond donors (Lipinski definition) is 1. The van der Waals surface area contributed by atoms with Crippen LogP contribution in [0.15, 0.2) is 36.4 Å². The smallest absolute Gasteiger partial charge is 0.306 e. The number of ether oxygens (including phenoxy) is 2. The summed E-state index contributed by atoms with van der Waals surface area (Å²) in [6.07, 6.45) is -0.289. The van der Waals surface area contributed by atoms with E-state index in [2.05, 4.69) is 5.32 Å². The van der Waals surface area contributed by atoms with Crippen molar-refractivity contribution in [1.82, 2.24) is 0 Å². The van der Waals surface area contributed by atoms with Gasteiger partial charge in [-0.25, -0.2) is 4.39 Å². The van der Waals surface area contributed by atoms with Crippen molar-refractivity contribution in [2.75, 3.05) is 19.0 Å². The van der Waals surface area contributed by atoms with E-state index in [4.69, 9.17) is 21.1 Å². The molecule has 148 valence electrons. The monoisotopic (exact) mass is 407 g/mol. The third-order valence-electron chi connectivity index (χ3n) is 3.84. The molecular weight excluding hydrogens is 389 g/mol. The van der Waals surface area contributed by atoms with Crippen LogP contribution in [0.4, 0.5) is 10.1 Å². The molecule has 2 aromatic carbocycles. The molecule has 6 nitrogen and oxygen atoms in total. The Kier molecular flexibility index (Phi) is 7.52. The van der Waals surface area contributed by atoms with E-state index in [0.717, 1.165) is 5.56 Å². The number of benzene rings is 2. The van der Waals surface area contributed by atoms with Gasteiger partial charge in [-0.15, -0.1) is 0 Å². The average molecular weight is 408 g/mol. The molecule has 8 heteroatoms. The molecule has 0 radical (unpaired) electrons. The molecular formula is C20H19ClFNO5. The number of methoxy groups -OCH3 is 1. The standard InChI is InChI=1S/C20H19ClFNO5/c1-12-9-16(18(27-2)10-15(12)21)23-19(25)11-28-20(26)8-7-17(24)13-3-5-14(22)6-4-13/h3-6,9-10H,7-8,11H2,1-2H3,(H,23,25). The predicted octanol–water partition coefficient (Wildman–Crippen LogP) is 3.94. The van der Waals surface area contributed by atoms with Crippen LogP contribution in [-0.2, 0) is 14.3 Å². The minimum absolute atomic E-state index is 0.101. The Labute approximate surface area is 166 Å². The van der Waals surface area contributed by atoms with E-state index >= 15 is 0 Å². The van der Waals surface area contributed by atoms with E-state index in [1.54, 1.807) is 19.1 Å². The first-order valence-corrected chi connectivity index (χ1v) is 8.76. The van der Waals surface area contributed by atoms with Crippen molar-refractivity contribution >= 4 is 34.9 Å². The molecule has 1 amide bonds. The molecule has 0 bridgehead atoms. The fraction of sp³-hybridized carbons (Fsp3) is 0.250. The van der Waals surface area contributed by atoms with Crippen molar-refractivity contribution in [3.05, 3.63) is 58.4 Å². The van der Waals surface area contributed by atoms with E-state index in [1.807, 2.05) is 0 Å². The van der Waals surface area contributed by atoms with Crippen molar-refractivity contribution < 1.29 is 28.2 Å².